The van der Waals surface area contributed by atoms with Gasteiger partial charge in [0.05, 0.1) is 13.4 Å². The summed E-state index contributed by atoms with van der Waals surface area (Å²) in [6.07, 6.45) is 3.17. The van der Waals surface area contributed by atoms with Crippen molar-refractivity contribution >= 4 is 39.6 Å². The van der Waals surface area contributed by atoms with E-state index in [-0.39, 0.29) is 11.5 Å². The number of thiophene rings is 1. The molecular formula is C20H14N2O5S2. The van der Waals surface area contributed by atoms with Gasteiger partial charge in [0.1, 0.15) is 22.1 Å². The standard InChI is InChI=1S/C20H14N2O5S2/c1-25-19(24)16-14(15-3-2-9-26-15)11-29-18(16)22-17(23)12-4-6-13(7-5-12)27-20-21-8-10-28-20/h2-11H,1H3,(H,22,23). The number of aromatic nitrogens is 1. The Morgan fingerprint density at radius 3 is 2.62 bits per heavy atom. The Kier molecular flexibility index (Phi) is 5.41. The first kappa shape index (κ1) is 18.9. The van der Waals surface area contributed by atoms with Gasteiger partial charge in [-0.1, -0.05) is 11.3 Å². The molecule has 9 heteroatoms. The molecule has 29 heavy (non-hydrogen) atoms. The van der Waals surface area contributed by atoms with Crippen LogP contribution in [-0.4, -0.2) is 24.0 Å². The number of nitrogens with zero attached hydrogens (tertiary/aromatic N) is 1. The molecule has 0 aliphatic heterocycles. The molecule has 0 unspecified atom stereocenters. The number of furan rings is 1. The van der Waals surface area contributed by atoms with Crippen LogP contribution in [-0.2, 0) is 4.74 Å². The summed E-state index contributed by atoms with van der Waals surface area (Å²) >= 11 is 2.60. The molecule has 0 atom stereocenters. The Morgan fingerprint density at radius 2 is 1.97 bits per heavy atom. The Balaban J connectivity index is 1.54. The number of ether oxygens (including phenoxy) is 2. The molecule has 3 heterocycles. The highest BCUT2D eigenvalue weighted by Crippen LogP contribution is 2.36. The lowest BCUT2D eigenvalue weighted by molar-refractivity contribution is 0.0603. The maximum atomic E-state index is 12.7. The summed E-state index contributed by atoms with van der Waals surface area (Å²) in [5, 5.41) is 7.24. The zero-order valence-electron chi connectivity index (χ0n) is 15.1. The average molecular weight is 426 g/mol. The Bertz CT molecular complexity index is 1120. The van der Waals surface area contributed by atoms with E-state index in [1.165, 1.54) is 36.0 Å². The molecule has 1 N–H and O–H groups in total. The molecule has 0 bridgehead atoms. The number of benzene rings is 1. The number of carbonyl (C=O) groups is 2. The number of esters is 1. The van der Waals surface area contributed by atoms with Crippen molar-refractivity contribution in [3.8, 4) is 22.3 Å². The molecule has 0 aliphatic rings. The zero-order valence-corrected chi connectivity index (χ0v) is 16.7. The second kappa shape index (κ2) is 8.29. The molecule has 0 aliphatic carbocycles. The maximum Gasteiger partial charge on any atom is 0.341 e. The molecular weight excluding hydrogens is 412 g/mol. The van der Waals surface area contributed by atoms with E-state index in [1.807, 2.05) is 5.38 Å². The van der Waals surface area contributed by atoms with Crippen LogP contribution in [0.25, 0.3) is 11.3 Å². The van der Waals surface area contributed by atoms with E-state index in [1.54, 1.807) is 48.0 Å². The van der Waals surface area contributed by atoms with Gasteiger partial charge in [-0.3, -0.25) is 4.79 Å². The highest BCUT2D eigenvalue weighted by atomic mass is 32.1. The van der Waals surface area contributed by atoms with E-state index in [2.05, 4.69) is 10.3 Å². The summed E-state index contributed by atoms with van der Waals surface area (Å²) in [5.74, 6) is 0.178. The fourth-order valence-electron chi connectivity index (χ4n) is 2.58. The summed E-state index contributed by atoms with van der Waals surface area (Å²) in [7, 11) is 1.29. The fourth-order valence-corrected chi connectivity index (χ4v) is 4.02. The number of methoxy groups -OCH3 is 1. The number of thiazole rings is 1. The number of nitrogens with one attached hydrogen (secondary N) is 1. The second-order valence-corrected chi connectivity index (χ2v) is 7.44. The van der Waals surface area contributed by atoms with E-state index >= 15 is 0 Å². The average Bonchev–Trinajstić information content (AvgIpc) is 3.49. The largest absolute Gasteiger partial charge is 0.465 e. The van der Waals surface area contributed by atoms with E-state index in [9.17, 15) is 9.59 Å². The third-order valence-electron chi connectivity index (χ3n) is 3.93. The monoisotopic (exact) mass is 426 g/mol. The van der Waals surface area contributed by atoms with E-state index < -0.39 is 5.97 Å². The molecule has 0 radical (unpaired) electrons. The molecule has 4 rings (SSSR count). The molecule has 3 aromatic heterocycles. The molecule has 0 saturated carbocycles. The van der Waals surface area contributed by atoms with Gasteiger partial charge in [0.15, 0.2) is 0 Å². The van der Waals surface area contributed by atoms with Crippen LogP contribution in [0.4, 0.5) is 5.00 Å². The highest BCUT2D eigenvalue weighted by Gasteiger charge is 2.24. The second-order valence-electron chi connectivity index (χ2n) is 5.70. The van der Waals surface area contributed by atoms with Gasteiger partial charge in [-0.2, -0.15) is 0 Å². The van der Waals surface area contributed by atoms with E-state index in [0.29, 0.717) is 32.8 Å². The van der Waals surface area contributed by atoms with E-state index in [4.69, 9.17) is 13.9 Å². The van der Waals surface area contributed by atoms with Crippen molar-refractivity contribution in [2.24, 2.45) is 0 Å². The van der Waals surface area contributed by atoms with Crippen LogP contribution < -0.4 is 10.1 Å². The number of hydrogen-bond acceptors (Lipinski definition) is 8. The number of anilines is 1. The van der Waals surface area contributed by atoms with Gasteiger partial charge >= 0.3 is 5.97 Å². The van der Waals surface area contributed by atoms with Gasteiger partial charge in [-0.25, -0.2) is 9.78 Å². The lowest BCUT2D eigenvalue weighted by atomic mass is 10.1. The third kappa shape index (κ3) is 4.05. The normalized spacial score (nSPS) is 10.5. The number of rotatable bonds is 6. The first-order valence-electron chi connectivity index (χ1n) is 8.38. The van der Waals surface area contributed by atoms with Gasteiger partial charge in [0, 0.05) is 28.1 Å². The summed E-state index contributed by atoms with van der Waals surface area (Å²) in [4.78, 5) is 29.0. The van der Waals surface area contributed by atoms with Crippen LogP contribution in [0.3, 0.4) is 0 Å². The predicted octanol–water partition coefficient (Wildman–Crippen LogP) is 5.30. The highest BCUT2D eigenvalue weighted by molar-refractivity contribution is 7.15. The minimum Gasteiger partial charge on any atom is -0.465 e. The van der Waals surface area contributed by atoms with Crippen molar-refractivity contribution in [2.75, 3.05) is 12.4 Å². The minimum atomic E-state index is -0.555. The van der Waals surface area contributed by atoms with Crippen LogP contribution in [0.2, 0.25) is 0 Å². The van der Waals surface area contributed by atoms with Crippen molar-refractivity contribution in [1.82, 2.24) is 4.98 Å². The van der Waals surface area contributed by atoms with Crippen molar-refractivity contribution in [3.63, 3.8) is 0 Å². The predicted molar refractivity (Wildman–Crippen MR) is 110 cm³/mol. The molecule has 0 fully saturated rings. The lowest BCUT2D eigenvalue weighted by Gasteiger charge is -2.07. The van der Waals surface area contributed by atoms with Gasteiger partial charge in [0.2, 0.25) is 0 Å². The summed E-state index contributed by atoms with van der Waals surface area (Å²) in [5.41, 5.74) is 1.24. The number of amides is 1. The zero-order chi connectivity index (χ0) is 20.2. The van der Waals surface area contributed by atoms with Crippen molar-refractivity contribution in [3.05, 3.63) is 70.7 Å². The smallest absolute Gasteiger partial charge is 0.341 e. The first-order valence-corrected chi connectivity index (χ1v) is 10.1. The van der Waals surface area contributed by atoms with Crippen molar-refractivity contribution < 1.29 is 23.5 Å². The van der Waals surface area contributed by atoms with Crippen LogP contribution in [0, 0.1) is 0 Å². The Labute approximate surface area is 173 Å². The summed E-state index contributed by atoms with van der Waals surface area (Å²) in [6.45, 7) is 0. The lowest BCUT2D eigenvalue weighted by Crippen LogP contribution is -2.14. The topological polar surface area (TPSA) is 90.7 Å². The molecule has 146 valence electrons. The first-order chi connectivity index (χ1) is 14.2. The Morgan fingerprint density at radius 1 is 1.14 bits per heavy atom. The van der Waals surface area contributed by atoms with Crippen molar-refractivity contribution in [1.29, 1.82) is 0 Å². The van der Waals surface area contributed by atoms with Gasteiger partial charge in [-0.15, -0.1) is 11.3 Å². The quantitative estimate of drug-likeness (QED) is 0.421. The summed E-state index contributed by atoms with van der Waals surface area (Å²) in [6, 6.07) is 10.1. The third-order valence-corrected chi connectivity index (χ3v) is 5.47. The van der Waals surface area contributed by atoms with Gasteiger partial charge in [-0.05, 0) is 36.4 Å². The van der Waals surface area contributed by atoms with Gasteiger partial charge < -0.3 is 19.2 Å². The van der Waals surface area contributed by atoms with Crippen LogP contribution in [0.15, 0.2) is 64.0 Å². The van der Waals surface area contributed by atoms with E-state index in [0.717, 1.165) is 0 Å². The summed E-state index contributed by atoms with van der Waals surface area (Å²) < 4.78 is 15.8. The van der Waals surface area contributed by atoms with Crippen molar-refractivity contribution in [2.45, 2.75) is 0 Å². The molecule has 0 spiro atoms. The fraction of sp³-hybridized carbons (Fsp3) is 0.0500. The SMILES string of the molecule is COC(=O)c1c(-c2ccco2)csc1NC(=O)c1ccc(Oc2nccs2)cc1. The Hall–Kier alpha value is -3.43. The molecule has 1 amide bonds. The molecule has 0 saturated heterocycles. The number of hydrogen-bond donors (Lipinski definition) is 1. The van der Waals surface area contributed by atoms with Crippen LogP contribution in [0.1, 0.15) is 20.7 Å². The minimum absolute atomic E-state index is 0.254. The maximum absolute atomic E-state index is 12.7. The molecule has 4 aromatic rings. The van der Waals surface area contributed by atoms with Gasteiger partial charge in [0.25, 0.3) is 11.1 Å². The molecule has 7 nitrogen and oxygen atoms in total. The van der Waals surface area contributed by atoms with Crippen LogP contribution in [0.5, 0.6) is 10.9 Å². The van der Waals surface area contributed by atoms with Crippen LogP contribution >= 0.6 is 22.7 Å². The molecule has 1 aromatic carbocycles. The number of carbonyl (C=O) groups excluding carboxylic acids is 2.